The number of carbonyl (C=O) groups excluding carboxylic acids is 1. The van der Waals surface area contributed by atoms with Crippen molar-refractivity contribution in [3.63, 3.8) is 0 Å². The number of anilines is 1. The van der Waals surface area contributed by atoms with Gasteiger partial charge in [-0.25, -0.2) is 8.42 Å². The number of hydrogen-bond acceptors (Lipinski definition) is 3. The molecule has 2 aromatic carbocycles. The summed E-state index contributed by atoms with van der Waals surface area (Å²) in [5, 5.41) is 3.25. The third kappa shape index (κ3) is 5.22. The summed E-state index contributed by atoms with van der Waals surface area (Å²) in [6, 6.07) is 10.4. The molecule has 2 N–H and O–H groups in total. The maximum absolute atomic E-state index is 12.7. The van der Waals surface area contributed by atoms with E-state index in [1.165, 1.54) is 18.2 Å². The van der Waals surface area contributed by atoms with Crippen LogP contribution >= 0.6 is 11.6 Å². The molecule has 26 heavy (non-hydrogen) atoms. The number of nitrogens with one attached hydrogen (secondary N) is 2. The van der Waals surface area contributed by atoms with Crippen LogP contribution in [0.3, 0.4) is 0 Å². The molecule has 0 fully saturated rings. The SMILES string of the molecule is CCC(NC(=O)c1cc(NS(C)(=O)=O)ccc1Cl)c1ccc(C)cc1C. The Morgan fingerprint density at radius 1 is 1.15 bits per heavy atom. The van der Waals surface area contributed by atoms with Crippen LogP contribution in [0.5, 0.6) is 0 Å². The van der Waals surface area contributed by atoms with Crippen LogP contribution in [0, 0.1) is 13.8 Å². The number of benzene rings is 2. The van der Waals surface area contributed by atoms with E-state index in [0.29, 0.717) is 12.1 Å². The molecule has 0 spiro atoms. The number of aryl methyl sites for hydroxylation is 2. The Kier molecular flexibility index (Phi) is 6.31. The normalized spacial score (nSPS) is 12.5. The molecule has 7 heteroatoms. The van der Waals surface area contributed by atoms with E-state index in [-0.39, 0.29) is 22.5 Å². The van der Waals surface area contributed by atoms with Crippen LogP contribution in [0.2, 0.25) is 5.02 Å². The molecule has 1 unspecified atom stereocenters. The second-order valence-corrected chi connectivity index (χ2v) is 8.52. The van der Waals surface area contributed by atoms with Crippen LogP contribution in [0.4, 0.5) is 5.69 Å². The molecule has 0 aliphatic rings. The lowest BCUT2D eigenvalue weighted by molar-refractivity contribution is 0.0935. The van der Waals surface area contributed by atoms with Gasteiger partial charge in [0.05, 0.1) is 22.9 Å². The first-order valence-corrected chi connectivity index (χ1v) is 10.5. The Labute approximate surface area is 159 Å². The van der Waals surface area contributed by atoms with Crippen LogP contribution in [-0.4, -0.2) is 20.6 Å². The summed E-state index contributed by atoms with van der Waals surface area (Å²) in [5.41, 5.74) is 3.84. The number of amides is 1. The molecule has 1 atom stereocenters. The molecule has 0 heterocycles. The van der Waals surface area contributed by atoms with Crippen LogP contribution in [0.1, 0.15) is 46.4 Å². The molecule has 0 radical (unpaired) electrons. The van der Waals surface area contributed by atoms with Gasteiger partial charge in [0.15, 0.2) is 0 Å². The highest BCUT2D eigenvalue weighted by Gasteiger charge is 2.18. The summed E-state index contributed by atoms with van der Waals surface area (Å²) in [6.07, 6.45) is 1.77. The standard InChI is InChI=1S/C19H23ClN2O3S/c1-5-18(15-8-6-12(2)10-13(15)3)21-19(23)16-11-14(7-9-17(16)20)22-26(4,24)25/h6-11,18,22H,5H2,1-4H3,(H,21,23). The van der Waals surface area contributed by atoms with E-state index in [0.717, 1.165) is 22.9 Å². The fraction of sp³-hybridized carbons (Fsp3) is 0.316. The molecule has 2 aromatic rings. The van der Waals surface area contributed by atoms with Gasteiger partial charge in [-0.2, -0.15) is 0 Å². The minimum atomic E-state index is -3.44. The topological polar surface area (TPSA) is 75.3 Å². The van der Waals surface area contributed by atoms with E-state index in [1.54, 1.807) is 0 Å². The fourth-order valence-corrected chi connectivity index (χ4v) is 3.59. The Balaban J connectivity index is 2.28. The van der Waals surface area contributed by atoms with E-state index in [9.17, 15) is 13.2 Å². The molecule has 0 aliphatic carbocycles. The molecule has 140 valence electrons. The van der Waals surface area contributed by atoms with Crippen molar-refractivity contribution in [2.24, 2.45) is 0 Å². The average Bonchev–Trinajstić information content (AvgIpc) is 2.53. The molecule has 0 bridgehead atoms. The minimum Gasteiger partial charge on any atom is -0.345 e. The molecule has 1 amide bonds. The highest BCUT2D eigenvalue weighted by Crippen LogP contribution is 2.25. The lowest BCUT2D eigenvalue weighted by atomic mass is 9.97. The van der Waals surface area contributed by atoms with Crippen molar-refractivity contribution >= 4 is 33.2 Å². The third-order valence-electron chi connectivity index (χ3n) is 4.03. The van der Waals surface area contributed by atoms with E-state index in [4.69, 9.17) is 11.6 Å². The van der Waals surface area contributed by atoms with Gasteiger partial charge in [-0.15, -0.1) is 0 Å². The van der Waals surface area contributed by atoms with Crippen LogP contribution in [0.25, 0.3) is 0 Å². The van der Waals surface area contributed by atoms with E-state index >= 15 is 0 Å². The van der Waals surface area contributed by atoms with Crippen molar-refractivity contribution in [3.05, 3.63) is 63.7 Å². The lowest BCUT2D eigenvalue weighted by Crippen LogP contribution is -2.29. The molecule has 0 aromatic heterocycles. The summed E-state index contributed by atoms with van der Waals surface area (Å²) >= 11 is 6.15. The molecule has 0 saturated heterocycles. The Morgan fingerprint density at radius 2 is 1.85 bits per heavy atom. The van der Waals surface area contributed by atoms with Gasteiger partial charge in [0.2, 0.25) is 10.0 Å². The zero-order valence-corrected chi connectivity index (χ0v) is 16.8. The van der Waals surface area contributed by atoms with Crippen molar-refractivity contribution in [3.8, 4) is 0 Å². The number of rotatable bonds is 6. The largest absolute Gasteiger partial charge is 0.345 e. The lowest BCUT2D eigenvalue weighted by Gasteiger charge is -2.20. The monoisotopic (exact) mass is 394 g/mol. The van der Waals surface area contributed by atoms with Gasteiger partial charge in [0.1, 0.15) is 0 Å². The molecular weight excluding hydrogens is 372 g/mol. The van der Waals surface area contributed by atoms with Crippen LogP contribution in [-0.2, 0) is 10.0 Å². The van der Waals surface area contributed by atoms with E-state index in [2.05, 4.69) is 16.1 Å². The summed E-state index contributed by atoms with van der Waals surface area (Å²) < 4.78 is 25.1. The van der Waals surface area contributed by atoms with Gasteiger partial charge in [0, 0.05) is 5.69 Å². The Morgan fingerprint density at radius 3 is 2.42 bits per heavy atom. The number of halogens is 1. The first-order chi connectivity index (χ1) is 12.1. The van der Waals surface area contributed by atoms with E-state index < -0.39 is 10.0 Å². The molecular formula is C19H23ClN2O3S. The number of hydrogen-bond donors (Lipinski definition) is 2. The number of carbonyl (C=O) groups is 1. The highest BCUT2D eigenvalue weighted by atomic mass is 35.5. The zero-order chi connectivity index (χ0) is 19.5. The quantitative estimate of drug-likeness (QED) is 0.770. The van der Waals surface area contributed by atoms with Gasteiger partial charge < -0.3 is 5.32 Å². The van der Waals surface area contributed by atoms with Gasteiger partial charge in [0.25, 0.3) is 5.91 Å². The molecule has 0 aliphatic heterocycles. The third-order valence-corrected chi connectivity index (χ3v) is 4.96. The second-order valence-electron chi connectivity index (χ2n) is 6.36. The van der Waals surface area contributed by atoms with Crippen molar-refractivity contribution in [1.82, 2.24) is 5.32 Å². The second kappa shape index (κ2) is 8.10. The zero-order valence-electron chi connectivity index (χ0n) is 15.3. The Hall–Kier alpha value is -2.05. The predicted octanol–water partition coefficient (Wildman–Crippen LogP) is 4.21. The van der Waals surface area contributed by atoms with Crippen LogP contribution < -0.4 is 10.0 Å². The van der Waals surface area contributed by atoms with Crippen molar-refractivity contribution in [2.75, 3.05) is 11.0 Å². The van der Waals surface area contributed by atoms with Crippen LogP contribution in [0.15, 0.2) is 36.4 Å². The number of sulfonamides is 1. The molecule has 5 nitrogen and oxygen atoms in total. The maximum Gasteiger partial charge on any atom is 0.253 e. The summed E-state index contributed by atoms with van der Waals surface area (Å²) in [7, 11) is -3.44. The van der Waals surface area contributed by atoms with Gasteiger partial charge >= 0.3 is 0 Å². The molecule has 0 saturated carbocycles. The summed E-state index contributed by atoms with van der Waals surface area (Å²) in [5.74, 6) is -0.348. The fourth-order valence-electron chi connectivity index (χ4n) is 2.83. The smallest absolute Gasteiger partial charge is 0.253 e. The first-order valence-electron chi connectivity index (χ1n) is 8.26. The Bertz CT molecular complexity index is 926. The average molecular weight is 395 g/mol. The van der Waals surface area contributed by atoms with Gasteiger partial charge in [-0.05, 0) is 49.6 Å². The van der Waals surface area contributed by atoms with Crippen molar-refractivity contribution in [1.29, 1.82) is 0 Å². The van der Waals surface area contributed by atoms with Gasteiger partial charge in [-0.3, -0.25) is 9.52 Å². The minimum absolute atomic E-state index is 0.161. The van der Waals surface area contributed by atoms with Crippen molar-refractivity contribution in [2.45, 2.75) is 33.2 Å². The maximum atomic E-state index is 12.7. The predicted molar refractivity (Wildman–Crippen MR) is 106 cm³/mol. The first kappa shape index (κ1) is 20.3. The molecule has 2 rings (SSSR count). The van der Waals surface area contributed by atoms with E-state index in [1.807, 2.05) is 32.9 Å². The highest BCUT2D eigenvalue weighted by molar-refractivity contribution is 7.92. The summed E-state index contributed by atoms with van der Waals surface area (Å²) in [4.78, 5) is 12.7. The summed E-state index contributed by atoms with van der Waals surface area (Å²) in [6.45, 7) is 6.03. The van der Waals surface area contributed by atoms with Crippen molar-refractivity contribution < 1.29 is 13.2 Å². The van der Waals surface area contributed by atoms with Gasteiger partial charge in [-0.1, -0.05) is 42.3 Å².